The Hall–Kier alpha value is -2.73. The fraction of sp³-hybridized carbons (Fsp3) is 0.350. The Kier molecular flexibility index (Phi) is 4.42. The van der Waals surface area contributed by atoms with Crippen LogP contribution >= 0.6 is 0 Å². The van der Waals surface area contributed by atoms with Gasteiger partial charge in [0.05, 0.1) is 24.9 Å². The number of nitrogens with one attached hydrogen (secondary N) is 1. The molecule has 134 valence electrons. The summed E-state index contributed by atoms with van der Waals surface area (Å²) >= 11 is 0. The monoisotopic (exact) mass is 350 g/mol. The number of hydrogen-bond acceptors (Lipinski definition) is 5. The van der Waals surface area contributed by atoms with E-state index in [2.05, 4.69) is 27.4 Å². The molecule has 1 saturated heterocycles. The number of carbonyl (C=O) groups is 1. The van der Waals surface area contributed by atoms with Crippen LogP contribution in [-0.4, -0.2) is 45.1 Å². The summed E-state index contributed by atoms with van der Waals surface area (Å²) in [6, 6.07) is 6.09. The smallest absolute Gasteiger partial charge is 0.274 e. The van der Waals surface area contributed by atoms with E-state index in [4.69, 9.17) is 0 Å². The molecule has 0 bridgehead atoms. The number of fused-ring (bicyclic) bond motifs is 3. The van der Waals surface area contributed by atoms with Crippen molar-refractivity contribution in [3.63, 3.8) is 0 Å². The molecule has 26 heavy (non-hydrogen) atoms. The highest BCUT2D eigenvalue weighted by atomic mass is 16.3. The van der Waals surface area contributed by atoms with E-state index in [1.165, 1.54) is 12.4 Å². The van der Waals surface area contributed by atoms with E-state index in [1.54, 1.807) is 6.20 Å². The largest absolute Gasteiger partial charge is 0.394 e. The lowest BCUT2D eigenvalue weighted by molar-refractivity contribution is 0.0694. The van der Waals surface area contributed by atoms with Gasteiger partial charge in [-0.15, -0.1) is 0 Å². The molecule has 4 rings (SSSR count). The molecular weight excluding hydrogens is 328 g/mol. The maximum atomic E-state index is 13.0. The Balaban J connectivity index is 1.76. The molecule has 1 fully saturated rings. The van der Waals surface area contributed by atoms with Crippen molar-refractivity contribution in [3.8, 4) is 0 Å². The molecule has 2 N–H and O–H groups in total. The van der Waals surface area contributed by atoms with Gasteiger partial charge in [-0.3, -0.25) is 9.78 Å². The van der Waals surface area contributed by atoms with Crippen LogP contribution in [-0.2, 0) is 0 Å². The fourth-order valence-electron chi connectivity index (χ4n) is 4.16. The molecule has 2 aliphatic rings. The second-order valence-corrected chi connectivity index (χ2v) is 6.77. The first-order chi connectivity index (χ1) is 12.7. The number of likely N-dealkylation sites (tertiary alicyclic amines) is 1. The molecule has 3 atom stereocenters. The number of aliphatic hydroxyl groups excluding tert-OH is 1. The lowest BCUT2D eigenvalue weighted by Crippen LogP contribution is -2.43. The first-order valence-electron chi connectivity index (χ1n) is 8.94. The summed E-state index contributed by atoms with van der Waals surface area (Å²) in [4.78, 5) is 23.1. The van der Waals surface area contributed by atoms with E-state index >= 15 is 0 Å². The first-order valence-corrected chi connectivity index (χ1v) is 8.94. The molecule has 0 unspecified atom stereocenters. The van der Waals surface area contributed by atoms with E-state index in [0.717, 1.165) is 23.2 Å². The molecule has 2 aromatic rings. The van der Waals surface area contributed by atoms with Crippen molar-refractivity contribution in [3.05, 3.63) is 59.7 Å². The second-order valence-electron chi connectivity index (χ2n) is 6.77. The number of nitrogens with zero attached hydrogens (tertiary/aromatic N) is 3. The number of aliphatic hydroxyl groups is 1. The Morgan fingerprint density at radius 2 is 2.31 bits per heavy atom. The molecule has 2 aliphatic heterocycles. The topological polar surface area (TPSA) is 78.4 Å². The molecule has 1 aromatic carbocycles. The molecule has 6 nitrogen and oxygen atoms in total. The average molecular weight is 350 g/mol. The van der Waals surface area contributed by atoms with Gasteiger partial charge in [0.25, 0.3) is 5.91 Å². The fourth-order valence-corrected chi connectivity index (χ4v) is 4.16. The number of benzene rings is 1. The first kappa shape index (κ1) is 16.7. The minimum atomic E-state index is -0.105. The predicted octanol–water partition coefficient (Wildman–Crippen LogP) is 2.50. The molecule has 0 spiro atoms. The molecule has 6 heteroatoms. The number of amides is 1. The molecule has 1 amide bonds. The summed E-state index contributed by atoms with van der Waals surface area (Å²) in [6.45, 7) is 2.68. The zero-order valence-corrected chi connectivity index (χ0v) is 14.7. The molecule has 0 radical (unpaired) electrons. The lowest BCUT2D eigenvalue weighted by Gasteiger charge is -2.39. The van der Waals surface area contributed by atoms with Crippen LogP contribution in [0.25, 0.3) is 6.08 Å². The van der Waals surface area contributed by atoms with Crippen molar-refractivity contribution in [2.45, 2.75) is 25.4 Å². The highest BCUT2D eigenvalue weighted by Crippen LogP contribution is 2.47. The number of allylic oxidation sites excluding steroid dienone is 1. The van der Waals surface area contributed by atoms with Gasteiger partial charge in [-0.25, -0.2) is 4.98 Å². The van der Waals surface area contributed by atoms with Crippen LogP contribution in [0.15, 0.2) is 42.9 Å². The Morgan fingerprint density at radius 3 is 3.04 bits per heavy atom. The summed E-state index contributed by atoms with van der Waals surface area (Å²) < 4.78 is 0. The van der Waals surface area contributed by atoms with Gasteiger partial charge < -0.3 is 15.3 Å². The Morgan fingerprint density at radius 1 is 1.42 bits per heavy atom. The highest BCUT2D eigenvalue weighted by Gasteiger charge is 2.46. The summed E-state index contributed by atoms with van der Waals surface area (Å²) in [5.41, 5.74) is 3.55. The second kappa shape index (κ2) is 6.88. The van der Waals surface area contributed by atoms with Gasteiger partial charge in [0.2, 0.25) is 0 Å². The highest BCUT2D eigenvalue weighted by molar-refractivity contribution is 5.92. The number of carbonyl (C=O) groups excluding carboxylic acids is 1. The van der Waals surface area contributed by atoms with E-state index in [9.17, 15) is 9.90 Å². The third kappa shape index (κ3) is 2.76. The summed E-state index contributed by atoms with van der Waals surface area (Å²) in [7, 11) is 0. The van der Waals surface area contributed by atoms with Gasteiger partial charge in [0, 0.05) is 30.5 Å². The Bertz CT molecular complexity index is 837. The van der Waals surface area contributed by atoms with Crippen LogP contribution in [0.5, 0.6) is 0 Å². The van der Waals surface area contributed by atoms with Gasteiger partial charge in [-0.1, -0.05) is 18.2 Å². The minimum absolute atomic E-state index is 0.0460. The minimum Gasteiger partial charge on any atom is -0.394 e. The van der Waals surface area contributed by atoms with Crippen LogP contribution in [0.4, 0.5) is 5.69 Å². The molecule has 0 saturated carbocycles. The van der Waals surface area contributed by atoms with Gasteiger partial charge >= 0.3 is 0 Å². The molecule has 1 aromatic heterocycles. The third-order valence-electron chi connectivity index (χ3n) is 5.30. The number of rotatable bonds is 3. The van der Waals surface area contributed by atoms with Crippen LogP contribution in [0.3, 0.4) is 0 Å². The van der Waals surface area contributed by atoms with E-state index < -0.39 is 0 Å². The molecular formula is C20H22N4O2. The van der Waals surface area contributed by atoms with Crippen LogP contribution in [0.2, 0.25) is 0 Å². The van der Waals surface area contributed by atoms with E-state index in [-0.39, 0.29) is 30.5 Å². The maximum Gasteiger partial charge on any atom is 0.274 e. The van der Waals surface area contributed by atoms with Gasteiger partial charge in [0.1, 0.15) is 5.69 Å². The summed E-state index contributed by atoms with van der Waals surface area (Å²) in [6.07, 6.45) is 9.52. The van der Waals surface area contributed by atoms with Crippen molar-refractivity contribution in [2.75, 3.05) is 18.5 Å². The van der Waals surface area contributed by atoms with Crippen molar-refractivity contribution in [2.24, 2.45) is 5.92 Å². The maximum absolute atomic E-state index is 13.0. The lowest BCUT2D eigenvalue weighted by atomic mass is 9.82. The SMILES string of the molecule is C/C=C/c1ccc2c(c1)[C@@H]1[C@@H](CCN1C(=O)c1cnccn1)[C@H](CO)N2. The standard InChI is InChI=1S/C20H22N4O2/c1-2-3-13-4-5-16-15(10-13)19-14(18(12-25)23-16)6-9-24(19)20(26)17-11-21-7-8-22-17/h2-5,7-8,10-11,14,18-19,23,25H,6,9,12H2,1H3/b3-2+/t14-,18-,19-/m0/s1. The third-order valence-corrected chi connectivity index (χ3v) is 5.30. The van der Waals surface area contributed by atoms with Gasteiger partial charge in [-0.05, 0) is 36.6 Å². The normalized spacial score (nSPS) is 24.2. The summed E-state index contributed by atoms with van der Waals surface area (Å²) in [5, 5.41) is 13.3. The van der Waals surface area contributed by atoms with Crippen molar-refractivity contribution < 1.29 is 9.90 Å². The van der Waals surface area contributed by atoms with E-state index in [1.807, 2.05) is 30.0 Å². The van der Waals surface area contributed by atoms with Crippen LogP contribution in [0, 0.1) is 5.92 Å². The zero-order chi connectivity index (χ0) is 18.1. The molecule has 3 heterocycles. The number of aromatic nitrogens is 2. The van der Waals surface area contributed by atoms with Crippen LogP contribution < -0.4 is 5.32 Å². The zero-order valence-electron chi connectivity index (χ0n) is 14.7. The van der Waals surface area contributed by atoms with Crippen molar-refractivity contribution in [1.82, 2.24) is 14.9 Å². The molecule has 0 aliphatic carbocycles. The Labute approximate surface area is 152 Å². The van der Waals surface area contributed by atoms with Crippen LogP contribution in [0.1, 0.15) is 41.0 Å². The van der Waals surface area contributed by atoms with Gasteiger partial charge in [-0.2, -0.15) is 0 Å². The van der Waals surface area contributed by atoms with Crippen molar-refractivity contribution in [1.29, 1.82) is 0 Å². The summed E-state index contributed by atoms with van der Waals surface area (Å²) in [5.74, 6) is 0.0700. The number of hydrogen-bond donors (Lipinski definition) is 2. The number of anilines is 1. The van der Waals surface area contributed by atoms with E-state index in [0.29, 0.717) is 12.2 Å². The van der Waals surface area contributed by atoms with Crippen molar-refractivity contribution >= 4 is 17.7 Å². The quantitative estimate of drug-likeness (QED) is 0.889. The average Bonchev–Trinajstić information content (AvgIpc) is 3.13. The van der Waals surface area contributed by atoms with Gasteiger partial charge in [0.15, 0.2) is 0 Å². The predicted molar refractivity (Wildman–Crippen MR) is 99.6 cm³/mol.